The largest absolute Gasteiger partial charge is 0.465 e. The summed E-state index contributed by atoms with van der Waals surface area (Å²) >= 11 is 0. The van der Waals surface area contributed by atoms with Crippen LogP contribution in [0.1, 0.15) is 24.2 Å². The van der Waals surface area contributed by atoms with E-state index < -0.39 is 28.1 Å². The summed E-state index contributed by atoms with van der Waals surface area (Å²) in [5, 5.41) is 9.13. The summed E-state index contributed by atoms with van der Waals surface area (Å²) in [5.74, 6) is -0.806. The van der Waals surface area contributed by atoms with Crippen molar-refractivity contribution in [2.45, 2.75) is 24.3 Å². The molecule has 20 heavy (non-hydrogen) atoms. The second-order valence-electron chi connectivity index (χ2n) is 4.89. The summed E-state index contributed by atoms with van der Waals surface area (Å²) in [5.41, 5.74) is 4.57. The minimum Gasteiger partial charge on any atom is -0.465 e. The molecule has 0 aliphatic rings. The van der Waals surface area contributed by atoms with E-state index in [2.05, 4.69) is 9.46 Å². The van der Waals surface area contributed by atoms with Gasteiger partial charge in [-0.2, -0.15) is 0 Å². The van der Waals surface area contributed by atoms with Crippen LogP contribution in [0.25, 0.3) is 0 Å². The molecule has 1 rings (SSSR count). The molecule has 0 atom stereocenters. The number of nitrogens with two attached hydrogens (primary N) is 1. The molecular weight excluding hydrogens is 284 g/mol. The van der Waals surface area contributed by atoms with Gasteiger partial charge in [0.25, 0.3) is 0 Å². The topological polar surface area (TPSA) is 119 Å². The molecule has 0 aromatic heterocycles. The number of hydrogen-bond donors (Lipinski definition) is 3. The van der Waals surface area contributed by atoms with Crippen molar-refractivity contribution in [3.05, 3.63) is 23.8 Å². The van der Waals surface area contributed by atoms with Crippen LogP contribution in [0.15, 0.2) is 23.1 Å². The molecule has 0 saturated heterocycles. The molecule has 4 N–H and O–H groups in total. The SMILES string of the molecule is COC(=O)c1cc(N)ccc1S(=O)(=O)NC(C)(C)CO. The fourth-order valence-corrected chi connectivity index (χ4v) is 3.08. The van der Waals surface area contributed by atoms with E-state index in [1.165, 1.54) is 32.0 Å². The van der Waals surface area contributed by atoms with Gasteiger partial charge in [0, 0.05) is 5.69 Å². The second kappa shape index (κ2) is 5.78. The minimum atomic E-state index is -4.00. The lowest BCUT2D eigenvalue weighted by Crippen LogP contribution is -2.46. The molecule has 0 aliphatic heterocycles. The Balaban J connectivity index is 3.35. The lowest BCUT2D eigenvalue weighted by atomic mass is 10.1. The van der Waals surface area contributed by atoms with E-state index in [1.54, 1.807) is 0 Å². The van der Waals surface area contributed by atoms with Crippen LogP contribution in [0.2, 0.25) is 0 Å². The van der Waals surface area contributed by atoms with Crippen LogP contribution in [0, 0.1) is 0 Å². The van der Waals surface area contributed by atoms with Crippen LogP contribution in [0.4, 0.5) is 5.69 Å². The number of sulfonamides is 1. The fourth-order valence-electron chi connectivity index (χ4n) is 1.50. The normalized spacial score (nSPS) is 12.2. The van der Waals surface area contributed by atoms with Crippen molar-refractivity contribution in [2.24, 2.45) is 0 Å². The Hall–Kier alpha value is -1.64. The van der Waals surface area contributed by atoms with E-state index >= 15 is 0 Å². The summed E-state index contributed by atoms with van der Waals surface area (Å²) in [6.45, 7) is 2.63. The van der Waals surface area contributed by atoms with Gasteiger partial charge in [0.2, 0.25) is 10.0 Å². The lowest BCUT2D eigenvalue weighted by molar-refractivity contribution is 0.0596. The van der Waals surface area contributed by atoms with E-state index in [1.807, 2.05) is 0 Å². The summed E-state index contributed by atoms with van der Waals surface area (Å²) < 4.78 is 31.4. The molecule has 0 unspecified atom stereocenters. The number of ether oxygens (including phenoxy) is 1. The van der Waals surface area contributed by atoms with Crippen LogP contribution in [-0.2, 0) is 14.8 Å². The van der Waals surface area contributed by atoms with Crippen LogP contribution in [-0.4, -0.2) is 38.7 Å². The van der Waals surface area contributed by atoms with Crippen molar-refractivity contribution in [2.75, 3.05) is 19.5 Å². The molecule has 0 spiro atoms. The number of nitrogens with one attached hydrogen (secondary N) is 1. The molecule has 8 heteroatoms. The Bertz CT molecular complexity index is 610. The van der Waals surface area contributed by atoms with Crippen LogP contribution in [0.3, 0.4) is 0 Å². The van der Waals surface area contributed by atoms with Crippen molar-refractivity contribution in [1.82, 2.24) is 4.72 Å². The number of hydrogen-bond acceptors (Lipinski definition) is 6. The maximum atomic E-state index is 12.3. The molecule has 0 heterocycles. The Morgan fingerprint density at radius 2 is 2.05 bits per heavy atom. The molecule has 0 saturated carbocycles. The lowest BCUT2D eigenvalue weighted by Gasteiger charge is -2.23. The number of rotatable bonds is 5. The first-order valence-corrected chi connectivity index (χ1v) is 7.24. The van der Waals surface area contributed by atoms with E-state index in [-0.39, 0.29) is 16.1 Å². The first kappa shape index (κ1) is 16.4. The predicted octanol–water partition coefficient (Wildman–Crippen LogP) is 0.105. The summed E-state index contributed by atoms with van der Waals surface area (Å²) in [6.07, 6.45) is 0. The highest BCUT2D eigenvalue weighted by atomic mass is 32.2. The van der Waals surface area contributed by atoms with Crippen molar-refractivity contribution in [1.29, 1.82) is 0 Å². The number of carbonyl (C=O) groups is 1. The minimum absolute atomic E-state index is 0.159. The zero-order valence-electron chi connectivity index (χ0n) is 11.5. The Morgan fingerprint density at radius 1 is 1.45 bits per heavy atom. The first-order valence-electron chi connectivity index (χ1n) is 5.75. The summed E-state index contributed by atoms with van der Waals surface area (Å²) in [6, 6.07) is 3.82. The van der Waals surface area contributed by atoms with Gasteiger partial charge in [0.15, 0.2) is 0 Å². The molecule has 0 fully saturated rings. The number of esters is 1. The highest BCUT2D eigenvalue weighted by Crippen LogP contribution is 2.21. The zero-order valence-corrected chi connectivity index (χ0v) is 12.3. The highest BCUT2D eigenvalue weighted by molar-refractivity contribution is 7.89. The van der Waals surface area contributed by atoms with Crippen LogP contribution in [0.5, 0.6) is 0 Å². The molecule has 0 amide bonds. The van der Waals surface area contributed by atoms with E-state index in [9.17, 15) is 13.2 Å². The molecule has 112 valence electrons. The van der Waals surface area contributed by atoms with Gasteiger partial charge >= 0.3 is 5.97 Å². The third kappa shape index (κ3) is 3.69. The van der Waals surface area contributed by atoms with Crippen molar-refractivity contribution < 1.29 is 23.1 Å². The quantitative estimate of drug-likeness (QED) is 0.524. The number of benzene rings is 1. The predicted molar refractivity (Wildman–Crippen MR) is 73.7 cm³/mol. The van der Waals surface area contributed by atoms with Gasteiger partial charge in [0.05, 0.1) is 29.7 Å². The molecule has 1 aromatic carbocycles. The van der Waals surface area contributed by atoms with E-state index in [4.69, 9.17) is 10.8 Å². The van der Waals surface area contributed by atoms with Gasteiger partial charge in [-0.15, -0.1) is 0 Å². The molecule has 0 aliphatic carbocycles. The average molecular weight is 302 g/mol. The van der Waals surface area contributed by atoms with Gasteiger partial charge in [-0.1, -0.05) is 0 Å². The van der Waals surface area contributed by atoms with Gasteiger partial charge < -0.3 is 15.6 Å². The molecular formula is C12H18N2O5S. The molecule has 7 nitrogen and oxygen atoms in total. The van der Waals surface area contributed by atoms with Crippen molar-refractivity contribution in [3.63, 3.8) is 0 Å². The number of methoxy groups -OCH3 is 1. The molecule has 1 aromatic rings. The summed E-state index contributed by atoms with van der Waals surface area (Å²) in [7, 11) is -2.85. The third-order valence-corrected chi connectivity index (χ3v) is 4.26. The Labute approximate surface area is 117 Å². The van der Waals surface area contributed by atoms with Crippen LogP contribution >= 0.6 is 0 Å². The number of aliphatic hydroxyl groups excluding tert-OH is 1. The highest BCUT2D eigenvalue weighted by Gasteiger charge is 2.29. The number of nitrogen functional groups attached to an aromatic ring is 1. The van der Waals surface area contributed by atoms with Gasteiger partial charge in [-0.05, 0) is 32.0 Å². The van der Waals surface area contributed by atoms with E-state index in [0.717, 1.165) is 7.11 Å². The number of carbonyl (C=O) groups excluding carboxylic acids is 1. The fraction of sp³-hybridized carbons (Fsp3) is 0.417. The smallest absolute Gasteiger partial charge is 0.339 e. The summed E-state index contributed by atoms with van der Waals surface area (Å²) in [4.78, 5) is 11.4. The Kier molecular flexibility index (Phi) is 4.74. The maximum Gasteiger partial charge on any atom is 0.339 e. The van der Waals surface area contributed by atoms with Crippen molar-refractivity contribution >= 4 is 21.7 Å². The van der Waals surface area contributed by atoms with Gasteiger partial charge in [-0.25, -0.2) is 17.9 Å². The second-order valence-corrected chi connectivity index (χ2v) is 6.55. The van der Waals surface area contributed by atoms with Gasteiger partial charge in [-0.3, -0.25) is 0 Å². The molecule has 0 bridgehead atoms. The number of aliphatic hydroxyl groups is 1. The van der Waals surface area contributed by atoms with Crippen LogP contribution < -0.4 is 10.5 Å². The Morgan fingerprint density at radius 3 is 2.55 bits per heavy atom. The molecule has 0 radical (unpaired) electrons. The van der Waals surface area contributed by atoms with E-state index in [0.29, 0.717) is 0 Å². The number of anilines is 1. The maximum absolute atomic E-state index is 12.3. The first-order chi connectivity index (χ1) is 9.13. The average Bonchev–Trinajstić information content (AvgIpc) is 2.36. The monoisotopic (exact) mass is 302 g/mol. The standard InChI is InChI=1S/C12H18N2O5S/c1-12(2,7-15)14-20(17,18)10-5-4-8(13)6-9(10)11(16)19-3/h4-6,14-15H,7,13H2,1-3H3. The van der Waals surface area contributed by atoms with Crippen molar-refractivity contribution in [3.8, 4) is 0 Å². The third-order valence-electron chi connectivity index (χ3n) is 2.50. The van der Waals surface area contributed by atoms with Gasteiger partial charge in [0.1, 0.15) is 0 Å². The zero-order chi connectivity index (χ0) is 15.6.